The van der Waals surface area contributed by atoms with Gasteiger partial charge in [0.15, 0.2) is 9.84 Å². The molecule has 0 heterocycles. The Morgan fingerprint density at radius 2 is 1.71 bits per heavy atom. The van der Waals surface area contributed by atoms with Crippen LogP contribution >= 0.6 is 0 Å². The molecule has 0 bridgehead atoms. The second-order valence-corrected chi connectivity index (χ2v) is 21.3. The van der Waals surface area contributed by atoms with E-state index in [9.17, 15) is 0 Å². The second-order valence-electron chi connectivity index (χ2n) is 4.77. The monoisotopic (exact) mass is 279 g/mol. The first-order valence-corrected chi connectivity index (χ1v) is 11.0. The quantitative estimate of drug-likeness (QED) is 0.511. The molecule has 1 fully saturated rings. The van der Waals surface area contributed by atoms with Crippen LogP contribution in [0.5, 0.6) is 0 Å². The molecule has 0 aromatic heterocycles. The Bertz CT molecular complexity index is 152. The van der Waals surface area contributed by atoms with Crippen molar-refractivity contribution in [2.75, 3.05) is 0 Å². The first-order valence-electron chi connectivity index (χ1n) is 5.75. The van der Waals surface area contributed by atoms with Gasteiger partial charge in [-0.25, -0.2) is 0 Å². The molecule has 0 saturated heterocycles. The Labute approximate surface area is 102 Å². The molecule has 1 aliphatic carbocycles. The van der Waals surface area contributed by atoms with Crippen LogP contribution < -0.4 is 4.98 Å². The fourth-order valence-corrected chi connectivity index (χ4v) is 17.0. The van der Waals surface area contributed by atoms with Crippen molar-refractivity contribution in [1.82, 2.24) is 12.8 Å². The molecule has 14 heavy (non-hydrogen) atoms. The van der Waals surface area contributed by atoms with Gasteiger partial charge in [-0.1, -0.05) is 19.3 Å². The summed E-state index contributed by atoms with van der Waals surface area (Å²) in [6.07, 6.45) is 7.33. The van der Waals surface area contributed by atoms with Crippen LogP contribution in [0.2, 0.25) is 0 Å². The van der Waals surface area contributed by atoms with Gasteiger partial charge in [0.05, 0.1) is 31.2 Å². The van der Waals surface area contributed by atoms with Crippen LogP contribution in [0.15, 0.2) is 0 Å². The predicted octanol–water partition coefficient (Wildman–Crippen LogP) is -4.65. The maximum Gasteiger partial charge on any atom is 0.157 e. The van der Waals surface area contributed by atoms with Crippen molar-refractivity contribution >= 4 is 50.9 Å². The van der Waals surface area contributed by atoms with Gasteiger partial charge in [-0.2, -0.15) is 0 Å². The summed E-state index contributed by atoms with van der Waals surface area (Å²) >= 11 is 0. The summed E-state index contributed by atoms with van der Waals surface area (Å²) in [5.74, 6) is 0. The third kappa shape index (κ3) is 5.75. The third-order valence-electron chi connectivity index (χ3n) is 2.78. The van der Waals surface area contributed by atoms with E-state index in [2.05, 4.69) is 12.8 Å². The van der Waals surface area contributed by atoms with Crippen LogP contribution in [-0.2, 0) is 0 Å². The molecule has 0 aliphatic heterocycles. The van der Waals surface area contributed by atoms with E-state index in [1.807, 2.05) is 0 Å². The van der Waals surface area contributed by atoms with Gasteiger partial charge in [0.1, 0.15) is 9.84 Å². The number of rotatable bonds is 5. The van der Waals surface area contributed by atoms with Crippen LogP contribution in [0, 0.1) is 0 Å². The average molecular weight is 280 g/mol. The first-order chi connectivity index (χ1) is 6.68. The molecule has 0 amide bonds. The van der Waals surface area contributed by atoms with Crippen molar-refractivity contribution in [2.45, 2.75) is 38.1 Å². The summed E-state index contributed by atoms with van der Waals surface area (Å²) in [5, 5.41) is 0. The lowest BCUT2D eigenvalue weighted by atomic mass is 9.96. The minimum absolute atomic E-state index is 0.0424. The highest BCUT2D eigenvalue weighted by Gasteiger charge is 2.12. The van der Waals surface area contributed by atoms with Crippen LogP contribution in [0.1, 0.15) is 32.1 Å². The van der Waals surface area contributed by atoms with Gasteiger partial charge in [-0.05, 0) is 12.8 Å². The van der Waals surface area contributed by atoms with Crippen LogP contribution in [-0.4, -0.2) is 64.7 Å². The second kappa shape index (κ2) is 7.27. The van der Waals surface area contributed by atoms with E-state index in [-0.39, 0.29) is 19.7 Å². The third-order valence-corrected chi connectivity index (χ3v) is 9.89. The van der Waals surface area contributed by atoms with Crippen molar-refractivity contribution in [3.05, 3.63) is 0 Å². The molecule has 1 aliphatic rings. The minimum atomic E-state index is -0.0424. The molecular formula is C6H25N3Si5. The lowest BCUT2D eigenvalue weighted by Crippen LogP contribution is -2.48. The molecule has 84 valence electrons. The molecule has 0 spiro atoms. The number of nitrogens with one attached hydrogen (secondary N) is 1. The maximum atomic E-state index is 3.87. The number of nitrogens with zero attached hydrogens (tertiary/aromatic N) is 2. The van der Waals surface area contributed by atoms with Gasteiger partial charge in [0, 0.05) is 6.04 Å². The normalized spacial score (nSPS) is 21.9. The van der Waals surface area contributed by atoms with Crippen molar-refractivity contribution in [3.8, 4) is 0 Å². The molecular weight excluding hydrogens is 255 g/mol. The number of hydrogen-bond acceptors (Lipinski definition) is 3. The largest absolute Gasteiger partial charge is 0.377 e. The van der Waals surface area contributed by atoms with Gasteiger partial charge in [-0.3, -0.25) is 0 Å². The lowest BCUT2D eigenvalue weighted by molar-refractivity contribution is 0.416. The highest BCUT2D eigenvalue weighted by Crippen LogP contribution is 2.16. The van der Waals surface area contributed by atoms with Gasteiger partial charge in [0.25, 0.3) is 0 Å². The molecule has 1 N–H and O–H groups in total. The summed E-state index contributed by atoms with van der Waals surface area (Å²) in [6.45, 7) is 0. The highest BCUT2D eigenvalue weighted by molar-refractivity contribution is 6.64. The molecule has 1 rings (SSSR count). The van der Waals surface area contributed by atoms with Gasteiger partial charge in [0.2, 0.25) is 0 Å². The molecule has 1 saturated carbocycles. The standard InChI is InChI=1S/C6H25N3Si5/c10-8(11)14-9(12)13-7-6-4-2-1-3-5-6/h6-7H,1-5,13-14H2,10-12H3. The van der Waals surface area contributed by atoms with Crippen LogP contribution in [0.4, 0.5) is 0 Å². The Morgan fingerprint density at radius 1 is 1.07 bits per heavy atom. The molecule has 0 atom stereocenters. The topological polar surface area (TPSA) is 18.5 Å². The smallest absolute Gasteiger partial charge is 0.157 e. The number of hydrogen-bond donors (Lipinski definition) is 1. The molecule has 0 unspecified atom stereocenters. The van der Waals surface area contributed by atoms with Crippen molar-refractivity contribution in [2.24, 2.45) is 0 Å². The highest BCUT2D eigenvalue weighted by atomic mass is 28.4. The van der Waals surface area contributed by atoms with Gasteiger partial charge < -0.3 is 12.8 Å². The Kier molecular flexibility index (Phi) is 6.77. The van der Waals surface area contributed by atoms with Gasteiger partial charge >= 0.3 is 0 Å². The summed E-state index contributed by atoms with van der Waals surface area (Å²) in [7, 11) is 3.98. The molecule has 0 radical (unpaired) electrons. The van der Waals surface area contributed by atoms with E-state index < -0.39 is 0 Å². The fraction of sp³-hybridized carbons (Fsp3) is 1.00. The summed E-state index contributed by atoms with van der Waals surface area (Å²) < 4.78 is 5.48. The minimum Gasteiger partial charge on any atom is -0.377 e. The molecule has 3 nitrogen and oxygen atoms in total. The van der Waals surface area contributed by atoms with Crippen molar-refractivity contribution in [3.63, 3.8) is 0 Å². The summed E-state index contributed by atoms with van der Waals surface area (Å²) in [6, 6.07) is 0.900. The van der Waals surface area contributed by atoms with Crippen LogP contribution in [0.25, 0.3) is 0 Å². The van der Waals surface area contributed by atoms with Crippen molar-refractivity contribution < 1.29 is 0 Å². The van der Waals surface area contributed by atoms with Gasteiger partial charge in [-0.15, -0.1) is 0 Å². The zero-order chi connectivity index (χ0) is 10.4. The first kappa shape index (κ1) is 13.0. The summed E-state index contributed by atoms with van der Waals surface area (Å²) in [5.41, 5.74) is 0. The predicted molar refractivity (Wildman–Crippen MR) is 80.6 cm³/mol. The Morgan fingerprint density at radius 3 is 2.29 bits per heavy atom. The Balaban J connectivity index is 2.06. The molecule has 0 aromatic rings. The average Bonchev–Trinajstić information content (AvgIpc) is 2.15. The van der Waals surface area contributed by atoms with E-state index in [0.717, 1.165) is 6.04 Å². The lowest BCUT2D eigenvalue weighted by Gasteiger charge is -2.27. The van der Waals surface area contributed by atoms with E-state index in [4.69, 9.17) is 0 Å². The van der Waals surface area contributed by atoms with E-state index in [0.29, 0.717) is 0 Å². The zero-order valence-electron chi connectivity index (χ0n) is 9.92. The van der Waals surface area contributed by atoms with E-state index in [1.54, 1.807) is 0 Å². The Hall–Kier alpha value is 0.964. The molecule has 0 aromatic carbocycles. The van der Waals surface area contributed by atoms with E-state index >= 15 is 0 Å². The molecule has 8 heteroatoms. The fourth-order valence-electron chi connectivity index (χ4n) is 2.12. The zero-order valence-corrected chi connectivity index (χ0v) is 18.7. The maximum absolute atomic E-state index is 3.87. The summed E-state index contributed by atoms with van der Waals surface area (Å²) in [4.78, 5) is 3.87. The SMILES string of the molecule is [SiH3]N([SiH3])[SiH2]N([SiH3])[SiH2]NC1CCCCC1. The van der Waals surface area contributed by atoms with E-state index in [1.165, 1.54) is 63.3 Å². The van der Waals surface area contributed by atoms with Crippen molar-refractivity contribution in [1.29, 1.82) is 0 Å². The van der Waals surface area contributed by atoms with Crippen LogP contribution in [0.3, 0.4) is 0 Å².